The molecule has 6 rings (SSSR count). The largest absolute Gasteiger partial charge is 0.383 e. The Bertz CT molecular complexity index is 2030. The maximum atomic E-state index is 13.7. The van der Waals surface area contributed by atoms with E-state index < -0.39 is 17.1 Å². The van der Waals surface area contributed by atoms with Crippen molar-refractivity contribution in [3.8, 4) is 22.3 Å². The van der Waals surface area contributed by atoms with Crippen molar-refractivity contribution in [3.05, 3.63) is 124 Å². The average molecular weight is 679 g/mol. The molecule has 0 radical (unpaired) electrons. The number of hydrogen-bond acceptors (Lipinski definition) is 8. The minimum Gasteiger partial charge on any atom is -0.383 e. The molecule has 3 aromatic heterocycles. The standard InChI is InChI=1S/C38H39FN6O5/c1-3-44(4-2)38(48)34-23-43(19-26-7-11-30(39)12-8-26)22-33(36(34)47)35(46)15-25-5-9-27(10-6-25)32-16-28(17-41-37(32)40)29-18-42-45(20-29)21-31-24-49-13-14-50-31/h5-12,16-18,20,22-23,31H,3-4,13-15,19,21,24H2,1-2H3,(H2,40,41)/t31-/m0/s1. The number of nitrogens with two attached hydrogens (primary N) is 1. The Morgan fingerprint density at radius 3 is 2.34 bits per heavy atom. The van der Waals surface area contributed by atoms with Gasteiger partial charge in [-0.2, -0.15) is 5.10 Å². The smallest absolute Gasteiger partial charge is 0.259 e. The Morgan fingerprint density at radius 1 is 0.920 bits per heavy atom. The minimum absolute atomic E-state index is 0.0524. The molecule has 0 bridgehead atoms. The maximum Gasteiger partial charge on any atom is 0.259 e. The van der Waals surface area contributed by atoms with Crippen molar-refractivity contribution in [1.82, 2.24) is 24.2 Å². The van der Waals surface area contributed by atoms with Gasteiger partial charge in [0.25, 0.3) is 5.91 Å². The Kier molecular flexibility index (Phi) is 10.6. The molecule has 1 aliphatic rings. The number of pyridine rings is 2. The topological polar surface area (TPSA) is 135 Å². The van der Waals surface area contributed by atoms with E-state index in [1.807, 2.05) is 55.1 Å². The van der Waals surface area contributed by atoms with Crippen molar-refractivity contribution in [1.29, 1.82) is 0 Å². The molecule has 1 amide bonds. The van der Waals surface area contributed by atoms with Gasteiger partial charge in [0, 0.05) is 67.5 Å². The van der Waals surface area contributed by atoms with E-state index in [2.05, 4.69) is 10.1 Å². The first-order valence-corrected chi connectivity index (χ1v) is 16.6. The summed E-state index contributed by atoms with van der Waals surface area (Å²) in [6.45, 7) is 7.01. The van der Waals surface area contributed by atoms with Crippen LogP contribution in [0.2, 0.25) is 0 Å². The molecule has 1 saturated heterocycles. The molecule has 5 aromatic rings. The van der Waals surface area contributed by atoms with Crippen LogP contribution in [0.3, 0.4) is 0 Å². The Balaban J connectivity index is 1.22. The summed E-state index contributed by atoms with van der Waals surface area (Å²) in [5, 5.41) is 4.48. The molecule has 0 aliphatic carbocycles. The molecule has 1 atom stereocenters. The Hall–Kier alpha value is -5.46. The van der Waals surface area contributed by atoms with Gasteiger partial charge in [0.15, 0.2) is 5.78 Å². The van der Waals surface area contributed by atoms with Gasteiger partial charge in [-0.3, -0.25) is 19.1 Å². The molecule has 2 aromatic carbocycles. The molecule has 0 spiro atoms. The second-order valence-corrected chi connectivity index (χ2v) is 12.2. The molecule has 0 saturated carbocycles. The fourth-order valence-corrected chi connectivity index (χ4v) is 5.97. The highest BCUT2D eigenvalue weighted by Gasteiger charge is 2.23. The minimum atomic E-state index is -0.613. The molecular weight excluding hydrogens is 639 g/mol. The fraction of sp³-hybridized carbons (Fsp3) is 0.289. The summed E-state index contributed by atoms with van der Waals surface area (Å²) in [5.74, 6) is -0.881. The van der Waals surface area contributed by atoms with Crippen molar-refractivity contribution in [2.45, 2.75) is 39.5 Å². The Labute approximate surface area is 289 Å². The van der Waals surface area contributed by atoms with Crippen molar-refractivity contribution < 1.29 is 23.5 Å². The van der Waals surface area contributed by atoms with Gasteiger partial charge < -0.3 is 24.7 Å². The molecule has 1 aliphatic heterocycles. The predicted octanol–water partition coefficient (Wildman–Crippen LogP) is 4.87. The molecule has 4 heterocycles. The third-order valence-electron chi connectivity index (χ3n) is 8.73. The third kappa shape index (κ3) is 7.88. The first-order chi connectivity index (χ1) is 24.2. The number of nitrogen functional groups attached to an aromatic ring is 1. The van der Waals surface area contributed by atoms with Gasteiger partial charge in [-0.05, 0) is 48.7 Å². The van der Waals surface area contributed by atoms with Gasteiger partial charge in [-0.15, -0.1) is 0 Å². The van der Waals surface area contributed by atoms with Crippen LogP contribution in [0.5, 0.6) is 0 Å². The lowest BCUT2D eigenvalue weighted by Gasteiger charge is -2.22. The lowest BCUT2D eigenvalue weighted by molar-refractivity contribution is -0.0946. The first kappa shape index (κ1) is 34.4. The highest BCUT2D eigenvalue weighted by atomic mass is 19.1. The highest BCUT2D eigenvalue weighted by molar-refractivity contribution is 6.01. The van der Waals surface area contributed by atoms with Gasteiger partial charge in [-0.25, -0.2) is 9.37 Å². The van der Waals surface area contributed by atoms with Gasteiger partial charge in [-0.1, -0.05) is 36.4 Å². The number of amides is 1. The number of ether oxygens (including phenoxy) is 2. The van der Waals surface area contributed by atoms with E-state index in [0.717, 1.165) is 27.8 Å². The molecule has 258 valence electrons. The van der Waals surface area contributed by atoms with E-state index in [-0.39, 0.29) is 36.0 Å². The third-order valence-corrected chi connectivity index (χ3v) is 8.73. The zero-order valence-corrected chi connectivity index (χ0v) is 28.0. The summed E-state index contributed by atoms with van der Waals surface area (Å²) in [7, 11) is 0. The number of hydrogen-bond donors (Lipinski definition) is 1. The van der Waals surface area contributed by atoms with Crippen LogP contribution in [0.25, 0.3) is 22.3 Å². The van der Waals surface area contributed by atoms with Crippen LogP contribution in [0.4, 0.5) is 10.2 Å². The highest BCUT2D eigenvalue weighted by Crippen LogP contribution is 2.30. The molecule has 2 N–H and O–H groups in total. The molecule has 50 heavy (non-hydrogen) atoms. The number of rotatable bonds is 12. The molecule has 0 unspecified atom stereocenters. The monoisotopic (exact) mass is 678 g/mol. The van der Waals surface area contributed by atoms with Gasteiger partial charge in [0.2, 0.25) is 5.43 Å². The van der Waals surface area contributed by atoms with Crippen LogP contribution >= 0.6 is 0 Å². The number of nitrogens with zero attached hydrogens (tertiary/aromatic N) is 5. The number of carbonyl (C=O) groups excluding carboxylic acids is 2. The van der Waals surface area contributed by atoms with Crippen molar-refractivity contribution in [2.75, 3.05) is 38.6 Å². The van der Waals surface area contributed by atoms with Crippen molar-refractivity contribution >= 4 is 17.5 Å². The summed E-state index contributed by atoms with van der Waals surface area (Å²) in [6, 6.07) is 15.2. The van der Waals surface area contributed by atoms with E-state index in [1.54, 1.807) is 29.1 Å². The summed E-state index contributed by atoms with van der Waals surface area (Å²) in [6.07, 6.45) is 8.23. The number of Topliss-reactive ketones (excluding diaryl/α,β-unsaturated/α-hetero) is 1. The zero-order valence-electron chi connectivity index (χ0n) is 28.0. The quantitative estimate of drug-likeness (QED) is 0.185. The van der Waals surface area contributed by atoms with E-state index in [1.165, 1.54) is 29.4 Å². The molecular formula is C38H39FN6O5. The van der Waals surface area contributed by atoms with Crippen molar-refractivity contribution in [3.63, 3.8) is 0 Å². The lowest BCUT2D eigenvalue weighted by Crippen LogP contribution is -2.36. The van der Waals surface area contributed by atoms with Crippen LogP contribution in [-0.2, 0) is 29.0 Å². The van der Waals surface area contributed by atoms with Gasteiger partial charge >= 0.3 is 0 Å². The Morgan fingerprint density at radius 2 is 1.64 bits per heavy atom. The number of halogens is 1. The number of aromatic nitrogens is 4. The van der Waals surface area contributed by atoms with Crippen LogP contribution in [-0.4, -0.2) is 74.9 Å². The van der Waals surface area contributed by atoms with Crippen LogP contribution < -0.4 is 11.2 Å². The second kappa shape index (κ2) is 15.4. The van der Waals surface area contributed by atoms with Crippen LogP contribution in [0, 0.1) is 5.82 Å². The maximum absolute atomic E-state index is 13.7. The number of carbonyl (C=O) groups is 2. The average Bonchev–Trinajstić information content (AvgIpc) is 3.59. The number of ketones is 1. The summed E-state index contributed by atoms with van der Waals surface area (Å²) in [4.78, 5) is 46.5. The zero-order chi connectivity index (χ0) is 35.2. The van der Waals surface area contributed by atoms with E-state index in [4.69, 9.17) is 15.2 Å². The second-order valence-electron chi connectivity index (χ2n) is 12.2. The van der Waals surface area contributed by atoms with Crippen molar-refractivity contribution in [2.24, 2.45) is 0 Å². The normalized spacial score (nSPS) is 14.4. The number of anilines is 1. The fourth-order valence-electron chi connectivity index (χ4n) is 5.97. The molecule has 12 heteroatoms. The lowest BCUT2D eigenvalue weighted by atomic mass is 9.98. The van der Waals surface area contributed by atoms with Gasteiger partial charge in [0.05, 0.1) is 38.1 Å². The van der Waals surface area contributed by atoms with Crippen LogP contribution in [0.15, 0.2) is 90.4 Å². The summed E-state index contributed by atoms with van der Waals surface area (Å²) in [5.41, 5.74) is 10.2. The molecule has 1 fully saturated rings. The predicted molar refractivity (Wildman–Crippen MR) is 187 cm³/mol. The summed E-state index contributed by atoms with van der Waals surface area (Å²) >= 11 is 0. The van der Waals surface area contributed by atoms with E-state index in [0.29, 0.717) is 50.8 Å². The first-order valence-electron chi connectivity index (χ1n) is 16.6. The summed E-state index contributed by atoms with van der Waals surface area (Å²) < 4.78 is 28.2. The van der Waals surface area contributed by atoms with E-state index >= 15 is 0 Å². The van der Waals surface area contributed by atoms with Crippen LogP contribution in [0.1, 0.15) is 45.7 Å². The number of benzene rings is 2. The van der Waals surface area contributed by atoms with Gasteiger partial charge in [0.1, 0.15) is 23.3 Å². The van der Waals surface area contributed by atoms with E-state index in [9.17, 15) is 18.8 Å². The SMILES string of the molecule is CCN(CC)C(=O)c1cn(Cc2ccc(F)cc2)cc(C(=O)Cc2ccc(-c3cc(-c4cnn(C[C@H]5COCCO5)c4)cnc3N)cc2)c1=O. The molecule has 11 nitrogen and oxygen atoms in total.